The highest BCUT2D eigenvalue weighted by molar-refractivity contribution is 7.86. The average Bonchev–Trinajstić information content (AvgIpc) is 2.63. The quantitative estimate of drug-likeness (QED) is 0.854. The van der Waals surface area contributed by atoms with Gasteiger partial charge in [0.1, 0.15) is 11.9 Å². The van der Waals surface area contributed by atoms with Gasteiger partial charge in [-0.15, -0.1) is 0 Å². The monoisotopic (exact) mass is 279 g/mol. The number of aliphatic hydroxyl groups is 1. The zero-order valence-corrected chi connectivity index (χ0v) is 11.1. The van der Waals surface area contributed by atoms with Crippen LogP contribution in [0.1, 0.15) is 36.8 Å². The van der Waals surface area contributed by atoms with Crippen LogP contribution in [0.4, 0.5) is 4.39 Å². The van der Waals surface area contributed by atoms with Crippen LogP contribution in [0, 0.1) is 17.1 Å². The lowest BCUT2D eigenvalue weighted by molar-refractivity contribution is 0.0184. The Labute approximate surface area is 113 Å². The maximum Gasteiger partial charge on any atom is 0.140 e. The van der Waals surface area contributed by atoms with Gasteiger partial charge >= 0.3 is 0 Å². The molecule has 2 unspecified atom stereocenters. The Morgan fingerprint density at radius 3 is 2.58 bits per heavy atom. The van der Waals surface area contributed by atoms with Gasteiger partial charge in [-0.1, -0.05) is 6.07 Å². The number of hydrogen-bond donors (Lipinski definition) is 1. The van der Waals surface area contributed by atoms with E-state index in [4.69, 9.17) is 5.26 Å². The van der Waals surface area contributed by atoms with Crippen LogP contribution in [0.3, 0.4) is 0 Å². The third-order valence-electron chi connectivity index (χ3n) is 4.22. The van der Waals surface area contributed by atoms with Crippen molar-refractivity contribution in [2.75, 3.05) is 0 Å². The van der Waals surface area contributed by atoms with Crippen LogP contribution in [0.2, 0.25) is 0 Å². The Hall–Kier alpha value is -1.25. The molecule has 1 aromatic carbocycles. The topological polar surface area (TPSA) is 61.1 Å². The molecule has 2 bridgehead atoms. The molecule has 0 saturated carbocycles. The minimum absolute atomic E-state index is 0.0272. The Kier molecular flexibility index (Phi) is 2.95. The fourth-order valence-corrected chi connectivity index (χ4v) is 5.38. The summed E-state index contributed by atoms with van der Waals surface area (Å²) in [6.07, 6.45) is 2.64. The summed E-state index contributed by atoms with van der Waals surface area (Å²) in [5.74, 6) is -0.572. The van der Waals surface area contributed by atoms with E-state index in [-0.39, 0.29) is 16.1 Å². The summed E-state index contributed by atoms with van der Waals surface area (Å²) in [6, 6.07) is 5.97. The first-order chi connectivity index (χ1) is 9.03. The Balaban J connectivity index is 1.98. The zero-order chi connectivity index (χ0) is 13.6. The van der Waals surface area contributed by atoms with Crippen molar-refractivity contribution in [3.8, 4) is 6.07 Å². The number of nitrogens with zero attached hydrogens (tertiary/aromatic N) is 1. The molecule has 1 aromatic rings. The Morgan fingerprint density at radius 2 is 2.00 bits per heavy atom. The molecule has 2 atom stereocenters. The maximum absolute atomic E-state index is 13.3. The van der Waals surface area contributed by atoms with Gasteiger partial charge in [0, 0.05) is 21.3 Å². The molecule has 2 aliphatic rings. The maximum atomic E-state index is 13.3. The molecule has 0 aliphatic carbocycles. The molecule has 2 heterocycles. The van der Waals surface area contributed by atoms with Gasteiger partial charge in [-0.2, -0.15) is 5.26 Å². The van der Waals surface area contributed by atoms with Gasteiger partial charge in [0.15, 0.2) is 0 Å². The molecule has 0 amide bonds. The normalized spacial score (nSPS) is 37.0. The SMILES string of the molecule is N#Cc1cc(C2(O)CC3CCC(C2)S3=O)ccc1F. The van der Waals surface area contributed by atoms with Gasteiger partial charge < -0.3 is 5.11 Å². The predicted octanol–water partition coefficient (Wildman–Crippen LogP) is 1.96. The first-order valence-corrected chi connectivity index (χ1v) is 7.63. The van der Waals surface area contributed by atoms with Crippen LogP contribution in [0.5, 0.6) is 0 Å². The van der Waals surface area contributed by atoms with Crippen molar-refractivity contribution < 1.29 is 13.7 Å². The van der Waals surface area contributed by atoms with Gasteiger partial charge in [-0.05, 0) is 43.4 Å². The second-order valence-corrected chi connectivity index (χ2v) is 7.39. The van der Waals surface area contributed by atoms with Gasteiger partial charge in [0.25, 0.3) is 0 Å². The fraction of sp³-hybridized carbons (Fsp3) is 0.500. The molecule has 0 spiro atoms. The molecule has 2 fully saturated rings. The first-order valence-electron chi connectivity index (χ1n) is 6.35. The van der Waals surface area contributed by atoms with E-state index in [1.54, 1.807) is 6.07 Å². The van der Waals surface area contributed by atoms with Gasteiger partial charge in [0.2, 0.25) is 0 Å². The van der Waals surface area contributed by atoms with Crippen molar-refractivity contribution in [1.82, 2.24) is 0 Å². The third kappa shape index (κ3) is 1.99. The van der Waals surface area contributed by atoms with E-state index in [1.165, 1.54) is 18.2 Å². The Morgan fingerprint density at radius 1 is 1.37 bits per heavy atom. The van der Waals surface area contributed by atoms with Crippen LogP contribution in [0.15, 0.2) is 18.2 Å². The summed E-state index contributed by atoms with van der Waals surface area (Å²) in [7, 11) is -0.850. The highest BCUT2D eigenvalue weighted by Gasteiger charge is 2.48. The van der Waals surface area contributed by atoms with E-state index in [0.717, 1.165) is 12.8 Å². The molecule has 2 saturated heterocycles. The van der Waals surface area contributed by atoms with Gasteiger partial charge in [-0.25, -0.2) is 4.39 Å². The lowest BCUT2D eigenvalue weighted by Crippen LogP contribution is -2.40. The number of nitriles is 1. The van der Waals surface area contributed by atoms with Crippen LogP contribution in [0.25, 0.3) is 0 Å². The number of fused-ring (bicyclic) bond motifs is 2. The van der Waals surface area contributed by atoms with Crippen molar-refractivity contribution >= 4 is 10.8 Å². The van der Waals surface area contributed by atoms with Crippen molar-refractivity contribution in [2.45, 2.75) is 41.8 Å². The molecular formula is C14H14FNO2S. The minimum Gasteiger partial charge on any atom is -0.385 e. The summed E-state index contributed by atoms with van der Waals surface area (Å²) in [5.41, 5.74) is -0.553. The van der Waals surface area contributed by atoms with Gasteiger partial charge in [0.05, 0.1) is 11.2 Å². The van der Waals surface area contributed by atoms with Crippen molar-refractivity contribution in [3.05, 3.63) is 35.1 Å². The van der Waals surface area contributed by atoms with Gasteiger partial charge in [-0.3, -0.25) is 4.21 Å². The van der Waals surface area contributed by atoms with Crippen LogP contribution >= 0.6 is 0 Å². The van der Waals surface area contributed by atoms with E-state index >= 15 is 0 Å². The molecule has 5 heteroatoms. The summed E-state index contributed by atoms with van der Waals surface area (Å²) in [5, 5.41) is 19.7. The van der Waals surface area contributed by atoms with E-state index in [0.29, 0.717) is 18.4 Å². The molecule has 100 valence electrons. The zero-order valence-electron chi connectivity index (χ0n) is 10.3. The van der Waals surface area contributed by atoms with E-state index in [2.05, 4.69) is 0 Å². The lowest BCUT2D eigenvalue weighted by atomic mass is 9.85. The molecule has 3 rings (SSSR count). The number of hydrogen-bond acceptors (Lipinski definition) is 3. The molecule has 3 nitrogen and oxygen atoms in total. The summed E-state index contributed by atoms with van der Waals surface area (Å²) in [4.78, 5) is 0. The van der Waals surface area contributed by atoms with E-state index in [1.807, 2.05) is 0 Å². The summed E-state index contributed by atoms with van der Waals surface area (Å²) < 4.78 is 25.3. The largest absolute Gasteiger partial charge is 0.385 e. The van der Waals surface area contributed by atoms with E-state index in [9.17, 15) is 13.7 Å². The molecular weight excluding hydrogens is 265 g/mol. The number of halogens is 1. The number of rotatable bonds is 1. The summed E-state index contributed by atoms with van der Waals surface area (Å²) in [6.45, 7) is 0. The summed E-state index contributed by atoms with van der Waals surface area (Å²) >= 11 is 0. The van der Waals surface area contributed by atoms with Crippen LogP contribution in [-0.2, 0) is 16.4 Å². The fourth-order valence-electron chi connectivity index (χ4n) is 3.22. The van der Waals surface area contributed by atoms with Crippen LogP contribution < -0.4 is 0 Å². The molecule has 1 N–H and O–H groups in total. The standard InChI is InChI=1S/C14H14FNO2S/c15-13-4-1-10(5-9(13)8-16)14(17)6-11-2-3-12(7-14)19(11)18/h1,4-5,11-12,17H,2-3,6-7H2. The lowest BCUT2D eigenvalue weighted by Gasteiger charge is -2.36. The second kappa shape index (κ2) is 4.39. The third-order valence-corrected chi connectivity index (χ3v) is 6.34. The minimum atomic E-state index is -1.07. The van der Waals surface area contributed by atoms with E-state index < -0.39 is 22.2 Å². The smallest absolute Gasteiger partial charge is 0.140 e. The molecule has 0 aromatic heterocycles. The average molecular weight is 279 g/mol. The first kappa shape index (κ1) is 12.8. The Bertz CT molecular complexity index is 580. The highest BCUT2D eigenvalue weighted by atomic mass is 32.2. The van der Waals surface area contributed by atoms with Crippen LogP contribution in [-0.4, -0.2) is 19.8 Å². The van der Waals surface area contributed by atoms with Crippen molar-refractivity contribution in [3.63, 3.8) is 0 Å². The molecule has 2 aliphatic heterocycles. The molecule has 0 radical (unpaired) electrons. The predicted molar refractivity (Wildman–Crippen MR) is 69.2 cm³/mol. The highest BCUT2D eigenvalue weighted by Crippen LogP contribution is 2.45. The second-order valence-electron chi connectivity index (χ2n) is 5.40. The van der Waals surface area contributed by atoms with Crippen molar-refractivity contribution in [2.24, 2.45) is 0 Å². The van der Waals surface area contributed by atoms with Crippen molar-refractivity contribution in [1.29, 1.82) is 5.26 Å². The number of benzene rings is 1. The molecule has 19 heavy (non-hydrogen) atoms.